The van der Waals surface area contributed by atoms with Crippen LogP contribution < -0.4 is 14.8 Å². The number of benzene rings is 2. The van der Waals surface area contributed by atoms with Crippen LogP contribution in [0.1, 0.15) is 0 Å². The van der Waals surface area contributed by atoms with Crippen molar-refractivity contribution in [3.05, 3.63) is 47.7 Å². The van der Waals surface area contributed by atoms with Crippen LogP contribution in [0.3, 0.4) is 0 Å². The second-order valence-corrected chi connectivity index (χ2v) is 6.57. The molecule has 0 radical (unpaired) electrons. The fourth-order valence-corrected chi connectivity index (χ4v) is 2.86. The molecule has 172 valence electrons. The Morgan fingerprint density at radius 1 is 0.844 bits per heavy atom. The number of anilines is 2. The van der Waals surface area contributed by atoms with Crippen LogP contribution >= 0.6 is 11.6 Å². The van der Waals surface area contributed by atoms with Gasteiger partial charge in [-0.25, -0.2) is 9.97 Å². The Morgan fingerprint density at radius 3 is 2.12 bits per heavy atom. The molecule has 2 aromatic carbocycles. The van der Waals surface area contributed by atoms with Gasteiger partial charge in [0.15, 0.2) is 11.5 Å². The summed E-state index contributed by atoms with van der Waals surface area (Å²) in [5.74, 6) is 0.759. The van der Waals surface area contributed by atoms with Crippen LogP contribution in [0.25, 0.3) is 10.9 Å². The smallest absolute Gasteiger partial charge is 0.345 e. The average Bonchev–Trinajstić information content (AvgIpc) is 2.74. The Balaban J connectivity index is 1.86. The van der Waals surface area contributed by atoms with Crippen molar-refractivity contribution in [1.82, 2.24) is 9.97 Å². The molecule has 0 unspecified atom stereocenters. The van der Waals surface area contributed by atoms with Crippen molar-refractivity contribution < 1.29 is 36.5 Å². The highest BCUT2D eigenvalue weighted by Crippen LogP contribution is 2.35. The van der Waals surface area contributed by atoms with E-state index >= 15 is 0 Å². The van der Waals surface area contributed by atoms with E-state index < -0.39 is 13.2 Å². The van der Waals surface area contributed by atoms with E-state index in [4.69, 9.17) is 21.1 Å². The van der Waals surface area contributed by atoms with Crippen LogP contribution in [0.5, 0.6) is 11.5 Å². The third-order valence-electron chi connectivity index (χ3n) is 3.96. The van der Waals surface area contributed by atoms with Gasteiger partial charge in [-0.15, -0.1) is 0 Å². The molecule has 0 bridgehead atoms. The molecule has 0 amide bonds. The topological polar surface area (TPSA) is 74.7 Å². The van der Waals surface area contributed by atoms with Gasteiger partial charge < -0.3 is 24.3 Å². The molecular weight excluding hydrogens is 458 g/mol. The first kappa shape index (κ1) is 23.8. The minimum absolute atomic E-state index is 0.163. The summed E-state index contributed by atoms with van der Waals surface area (Å²) in [6, 6.07) is 10.0. The molecule has 1 N–H and O–H groups in total. The van der Waals surface area contributed by atoms with Crippen molar-refractivity contribution in [3.8, 4) is 11.5 Å². The monoisotopic (exact) mass is 475 g/mol. The van der Waals surface area contributed by atoms with Gasteiger partial charge in [0.25, 0.3) is 0 Å². The second kappa shape index (κ2) is 11.7. The number of fused-ring (bicyclic) bond motifs is 1. The van der Waals surface area contributed by atoms with E-state index in [2.05, 4.69) is 24.8 Å². The molecule has 0 fully saturated rings. The maximum absolute atomic E-state index is 12.2. The Hall–Kier alpha value is -2.89. The van der Waals surface area contributed by atoms with Crippen LogP contribution in [-0.4, -0.2) is 49.6 Å². The zero-order chi connectivity index (χ0) is 22.9. The Morgan fingerprint density at radius 2 is 1.50 bits per heavy atom. The van der Waals surface area contributed by atoms with Crippen molar-refractivity contribution in [2.45, 2.75) is 13.2 Å². The normalized spacial score (nSPS) is 11.3. The number of halogens is 5. The fourth-order valence-electron chi connectivity index (χ4n) is 2.67. The third-order valence-corrected chi connectivity index (χ3v) is 4.19. The SMILES string of the molecule is FC(F)OCCOc1cc2ncnc(Nc3cccc(Cl)c3)c2cc1OCCOC(F)F. The van der Waals surface area contributed by atoms with Gasteiger partial charge in [-0.3, -0.25) is 0 Å². The van der Waals surface area contributed by atoms with E-state index in [1.54, 1.807) is 30.3 Å². The lowest BCUT2D eigenvalue weighted by Crippen LogP contribution is -2.12. The second-order valence-electron chi connectivity index (χ2n) is 6.13. The Kier molecular flexibility index (Phi) is 8.65. The zero-order valence-corrected chi connectivity index (χ0v) is 17.2. The minimum Gasteiger partial charge on any atom is -0.487 e. The summed E-state index contributed by atoms with van der Waals surface area (Å²) in [5, 5.41) is 4.18. The number of alkyl halides is 4. The molecule has 0 saturated carbocycles. The van der Waals surface area contributed by atoms with Crippen molar-refractivity contribution in [3.63, 3.8) is 0 Å². The third kappa shape index (κ3) is 7.08. The molecule has 0 aliphatic rings. The van der Waals surface area contributed by atoms with Gasteiger partial charge in [-0.2, -0.15) is 17.6 Å². The van der Waals surface area contributed by atoms with Crippen LogP contribution in [0, 0.1) is 0 Å². The van der Waals surface area contributed by atoms with E-state index in [0.29, 0.717) is 27.4 Å². The number of rotatable bonds is 12. The maximum Gasteiger partial charge on any atom is 0.345 e. The molecular formula is C20H18ClF4N3O4. The van der Waals surface area contributed by atoms with E-state index in [1.807, 2.05) is 0 Å². The average molecular weight is 476 g/mol. The highest BCUT2D eigenvalue weighted by Gasteiger charge is 2.14. The van der Waals surface area contributed by atoms with Gasteiger partial charge in [-0.05, 0) is 24.3 Å². The number of hydrogen-bond donors (Lipinski definition) is 1. The lowest BCUT2D eigenvalue weighted by Gasteiger charge is -2.15. The summed E-state index contributed by atoms with van der Waals surface area (Å²) in [4.78, 5) is 8.42. The van der Waals surface area contributed by atoms with Crippen LogP contribution in [0.4, 0.5) is 29.1 Å². The van der Waals surface area contributed by atoms with E-state index in [1.165, 1.54) is 12.4 Å². The van der Waals surface area contributed by atoms with Crippen molar-refractivity contribution >= 4 is 34.0 Å². The summed E-state index contributed by atoms with van der Waals surface area (Å²) < 4.78 is 68.0. The van der Waals surface area contributed by atoms with Crippen LogP contribution in [0.15, 0.2) is 42.7 Å². The molecule has 32 heavy (non-hydrogen) atoms. The van der Waals surface area contributed by atoms with Gasteiger partial charge >= 0.3 is 13.2 Å². The lowest BCUT2D eigenvalue weighted by atomic mass is 10.2. The van der Waals surface area contributed by atoms with Crippen LogP contribution in [0.2, 0.25) is 5.02 Å². The summed E-state index contributed by atoms with van der Waals surface area (Å²) in [7, 11) is 0. The fraction of sp³-hybridized carbons (Fsp3) is 0.300. The van der Waals surface area contributed by atoms with E-state index in [-0.39, 0.29) is 37.9 Å². The van der Waals surface area contributed by atoms with Gasteiger partial charge in [0.1, 0.15) is 25.4 Å². The lowest BCUT2D eigenvalue weighted by molar-refractivity contribution is -0.134. The zero-order valence-electron chi connectivity index (χ0n) is 16.4. The standard InChI is InChI=1S/C20H18ClF4N3O4/c21-12-2-1-3-13(8-12)28-18-14-9-16(29-4-6-31-19(22)23)17(10-15(14)26-11-27-18)30-5-7-32-20(24)25/h1-3,8-11,19-20H,4-7H2,(H,26,27,28). The van der Waals surface area contributed by atoms with Gasteiger partial charge in [0.05, 0.1) is 18.7 Å². The summed E-state index contributed by atoms with van der Waals surface area (Å²) >= 11 is 6.02. The molecule has 0 aliphatic carbocycles. The van der Waals surface area contributed by atoms with Gasteiger partial charge in [0.2, 0.25) is 0 Å². The van der Waals surface area contributed by atoms with Crippen molar-refractivity contribution in [2.24, 2.45) is 0 Å². The number of nitrogens with zero attached hydrogens (tertiary/aromatic N) is 2. The van der Waals surface area contributed by atoms with Crippen molar-refractivity contribution in [1.29, 1.82) is 0 Å². The first-order valence-electron chi connectivity index (χ1n) is 9.29. The molecule has 3 rings (SSSR count). The highest BCUT2D eigenvalue weighted by atomic mass is 35.5. The number of aromatic nitrogens is 2. The Labute approximate surface area is 185 Å². The maximum atomic E-state index is 12.2. The first-order valence-corrected chi connectivity index (χ1v) is 9.66. The van der Waals surface area contributed by atoms with Crippen molar-refractivity contribution in [2.75, 3.05) is 31.7 Å². The molecule has 7 nitrogen and oxygen atoms in total. The summed E-state index contributed by atoms with van der Waals surface area (Å²) in [5.41, 5.74) is 1.14. The molecule has 3 aromatic rings. The predicted molar refractivity (Wildman–Crippen MR) is 109 cm³/mol. The minimum atomic E-state index is -2.93. The van der Waals surface area contributed by atoms with Crippen LogP contribution in [-0.2, 0) is 9.47 Å². The number of nitrogens with one attached hydrogen (secondary N) is 1. The number of hydrogen-bond acceptors (Lipinski definition) is 7. The number of ether oxygens (including phenoxy) is 4. The molecule has 12 heteroatoms. The van der Waals surface area contributed by atoms with Gasteiger partial charge in [0, 0.05) is 22.2 Å². The van der Waals surface area contributed by atoms with Gasteiger partial charge in [-0.1, -0.05) is 17.7 Å². The highest BCUT2D eigenvalue weighted by molar-refractivity contribution is 6.30. The largest absolute Gasteiger partial charge is 0.487 e. The summed E-state index contributed by atoms with van der Waals surface area (Å²) in [6.45, 7) is -7.00. The molecule has 0 atom stereocenters. The molecule has 1 aromatic heterocycles. The predicted octanol–water partition coefficient (Wildman–Crippen LogP) is 5.26. The van der Waals surface area contributed by atoms with E-state index in [0.717, 1.165) is 0 Å². The quantitative estimate of drug-likeness (QED) is 0.283. The van der Waals surface area contributed by atoms with E-state index in [9.17, 15) is 17.6 Å². The summed E-state index contributed by atoms with van der Waals surface area (Å²) in [6.07, 6.45) is 1.33. The molecule has 0 aliphatic heterocycles. The Bertz CT molecular complexity index is 1030. The first-order chi connectivity index (χ1) is 15.4. The molecule has 1 heterocycles. The molecule has 0 spiro atoms. The molecule has 0 saturated heterocycles.